The van der Waals surface area contributed by atoms with Gasteiger partial charge in [0.05, 0.1) is 5.69 Å². The summed E-state index contributed by atoms with van der Waals surface area (Å²) in [5.74, 6) is -0.0298. The summed E-state index contributed by atoms with van der Waals surface area (Å²) in [5.41, 5.74) is 3.22. The van der Waals surface area contributed by atoms with Crippen LogP contribution in [0.25, 0.3) is 0 Å². The van der Waals surface area contributed by atoms with Crippen LogP contribution in [0.5, 0.6) is 0 Å². The Bertz CT molecular complexity index is 675. The molecule has 1 heterocycles. The van der Waals surface area contributed by atoms with Crippen molar-refractivity contribution in [1.29, 1.82) is 0 Å². The fourth-order valence-electron chi connectivity index (χ4n) is 2.87. The number of benzene rings is 2. The van der Waals surface area contributed by atoms with Gasteiger partial charge in [-0.15, -0.1) is 0 Å². The van der Waals surface area contributed by atoms with Crippen molar-refractivity contribution in [3.8, 4) is 0 Å². The summed E-state index contributed by atoms with van der Waals surface area (Å²) in [6.45, 7) is 3.52. The molecule has 0 spiro atoms. The van der Waals surface area contributed by atoms with E-state index >= 15 is 0 Å². The van der Waals surface area contributed by atoms with E-state index in [0.29, 0.717) is 23.5 Å². The van der Waals surface area contributed by atoms with Gasteiger partial charge in [-0.3, -0.25) is 4.79 Å². The van der Waals surface area contributed by atoms with Crippen molar-refractivity contribution in [1.82, 2.24) is 0 Å². The third-order valence-corrected chi connectivity index (χ3v) is 4.34. The van der Waals surface area contributed by atoms with Crippen molar-refractivity contribution in [2.24, 2.45) is 0 Å². The van der Waals surface area contributed by atoms with E-state index in [9.17, 15) is 9.18 Å². The average molecular weight is 304 g/mol. The van der Waals surface area contributed by atoms with E-state index in [1.54, 1.807) is 12.1 Å². The fourth-order valence-corrected chi connectivity index (χ4v) is 3.25. The molecule has 4 heteroatoms. The van der Waals surface area contributed by atoms with Gasteiger partial charge < -0.3 is 4.90 Å². The minimum atomic E-state index is -0.353. The number of aryl methyl sites for hydroxylation is 1. The van der Waals surface area contributed by atoms with Crippen LogP contribution in [-0.4, -0.2) is 19.4 Å². The molecule has 0 aromatic heterocycles. The number of halogens is 2. The summed E-state index contributed by atoms with van der Waals surface area (Å²) in [4.78, 5) is 12.6. The summed E-state index contributed by atoms with van der Waals surface area (Å²) < 4.78 is 14.0. The molecule has 0 bridgehead atoms. The standard InChI is InChI=1S/C17H15ClFNO/c1-11-3-2-4-14(18)17(11)13-8-20(9-13)16-6-5-12(10-21)7-15(16)19/h2-7,10,13H,8-9H2,1H3. The van der Waals surface area contributed by atoms with Crippen molar-refractivity contribution >= 4 is 23.6 Å². The number of anilines is 1. The number of carbonyl (C=O) groups is 1. The third-order valence-electron chi connectivity index (χ3n) is 4.01. The number of hydrogen-bond donors (Lipinski definition) is 0. The lowest BCUT2D eigenvalue weighted by molar-refractivity contribution is 0.112. The second kappa shape index (κ2) is 5.49. The Kier molecular flexibility index (Phi) is 3.68. The summed E-state index contributed by atoms with van der Waals surface area (Å²) in [6.07, 6.45) is 0.652. The molecule has 0 aliphatic carbocycles. The Morgan fingerprint density at radius 1 is 1.29 bits per heavy atom. The van der Waals surface area contributed by atoms with E-state index in [1.165, 1.54) is 11.6 Å². The van der Waals surface area contributed by atoms with Crippen LogP contribution < -0.4 is 4.90 Å². The Balaban J connectivity index is 1.78. The molecule has 0 saturated carbocycles. The first-order valence-corrected chi connectivity index (χ1v) is 7.22. The Morgan fingerprint density at radius 3 is 2.67 bits per heavy atom. The largest absolute Gasteiger partial charge is 0.368 e. The van der Waals surface area contributed by atoms with Crippen LogP contribution in [0.1, 0.15) is 27.4 Å². The van der Waals surface area contributed by atoms with Crippen LogP contribution in [-0.2, 0) is 0 Å². The van der Waals surface area contributed by atoms with Gasteiger partial charge in [0.1, 0.15) is 12.1 Å². The molecular formula is C17H15ClFNO. The smallest absolute Gasteiger partial charge is 0.150 e. The van der Waals surface area contributed by atoms with Gasteiger partial charge in [0.2, 0.25) is 0 Å². The Hall–Kier alpha value is -1.87. The predicted octanol–water partition coefficient (Wildman–Crippen LogP) is 4.20. The molecule has 2 aromatic carbocycles. The highest BCUT2D eigenvalue weighted by atomic mass is 35.5. The summed E-state index contributed by atoms with van der Waals surface area (Å²) in [6, 6.07) is 10.5. The number of rotatable bonds is 3. The maximum atomic E-state index is 14.0. The zero-order chi connectivity index (χ0) is 15.0. The van der Waals surface area contributed by atoms with Gasteiger partial charge in [-0.25, -0.2) is 4.39 Å². The number of nitrogens with zero attached hydrogens (tertiary/aromatic N) is 1. The molecule has 1 saturated heterocycles. The van der Waals surface area contributed by atoms with Crippen LogP contribution in [0, 0.1) is 12.7 Å². The van der Waals surface area contributed by atoms with E-state index in [2.05, 4.69) is 0 Å². The molecule has 1 fully saturated rings. The van der Waals surface area contributed by atoms with Gasteiger partial charge in [-0.1, -0.05) is 23.7 Å². The van der Waals surface area contributed by atoms with Crippen LogP contribution in [0.15, 0.2) is 36.4 Å². The van der Waals surface area contributed by atoms with Crippen molar-refractivity contribution in [3.63, 3.8) is 0 Å². The maximum Gasteiger partial charge on any atom is 0.150 e. The second-order valence-corrected chi connectivity index (χ2v) is 5.81. The molecule has 0 N–H and O–H groups in total. The van der Waals surface area contributed by atoms with Crippen molar-refractivity contribution in [3.05, 3.63) is 63.9 Å². The van der Waals surface area contributed by atoms with E-state index in [0.717, 1.165) is 23.7 Å². The number of hydrogen-bond acceptors (Lipinski definition) is 2. The Morgan fingerprint density at radius 2 is 2.05 bits per heavy atom. The molecule has 1 aliphatic rings. The zero-order valence-corrected chi connectivity index (χ0v) is 12.4. The van der Waals surface area contributed by atoms with E-state index in [-0.39, 0.29) is 5.82 Å². The minimum Gasteiger partial charge on any atom is -0.368 e. The van der Waals surface area contributed by atoms with Gasteiger partial charge in [-0.05, 0) is 42.3 Å². The number of carbonyl (C=O) groups excluding carboxylic acids is 1. The molecule has 3 rings (SSSR count). The van der Waals surface area contributed by atoms with E-state index < -0.39 is 0 Å². The topological polar surface area (TPSA) is 20.3 Å². The SMILES string of the molecule is Cc1cccc(Cl)c1C1CN(c2ccc(C=O)cc2F)C1. The first-order valence-electron chi connectivity index (χ1n) is 6.85. The zero-order valence-electron chi connectivity index (χ0n) is 11.6. The molecule has 2 aromatic rings. The first kappa shape index (κ1) is 14.1. The normalized spacial score (nSPS) is 14.9. The van der Waals surface area contributed by atoms with Gasteiger partial charge >= 0.3 is 0 Å². The predicted molar refractivity (Wildman–Crippen MR) is 82.9 cm³/mol. The van der Waals surface area contributed by atoms with Crippen molar-refractivity contribution in [2.45, 2.75) is 12.8 Å². The third kappa shape index (κ3) is 2.54. The molecule has 0 radical (unpaired) electrons. The van der Waals surface area contributed by atoms with Crippen LogP contribution in [0.3, 0.4) is 0 Å². The monoisotopic (exact) mass is 303 g/mol. The summed E-state index contributed by atoms with van der Waals surface area (Å²) >= 11 is 6.27. The van der Waals surface area contributed by atoms with E-state index in [1.807, 2.05) is 30.0 Å². The average Bonchev–Trinajstić information content (AvgIpc) is 2.41. The molecule has 2 nitrogen and oxygen atoms in total. The quantitative estimate of drug-likeness (QED) is 0.792. The van der Waals surface area contributed by atoms with Crippen LogP contribution in [0.4, 0.5) is 10.1 Å². The molecule has 1 aliphatic heterocycles. The summed E-state index contributed by atoms with van der Waals surface area (Å²) in [7, 11) is 0. The molecule has 0 amide bonds. The van der Waals surface area contributed by atoms with Gasteiger partial charge in [0.15, 0.2) is 0 Å². The molecule has 21 heavy (non-hydrogen) atoms. The lowest BCUT2D eigenvalue weighted by atomic mass is 9.88. The van der Waals surface area contributed by atoms with Crippen molar-refractivity contribution in [2.75, 3.05) is 18.0 Å². The second-order valence-electron chi connectivity index (χ2n) is 5.40. The fraction of sp³-hybridized carbons (Fsp3) is 0.235. The van der Waals surface area contributed by atoms with Gasteiger partial charge in [-0.2, -0.15) is 0 Å². The minimum absolute atomic E-state index is 0.323. The number of aldehydes is 1. The van der Waals surface area contributed by atoms with Crippen molar-refractivity contribution < 1.29 is 9.18 Å². The van der Waals surface area contributed by atoms with Gasteiger partial charge in [0, 0.05) is 29.6 Å². The van der Waals surface area contributed by atoms with Gasteiger partial charge in [0.25, 0.3) is 0 Å². The highest BCUT2D eigenvalue weighted by Gasteiger charge is 2.32. The van der Waals surface area contributed by atoms with Crippen LogP contribution >= 0.6 is 11.6 Å². The summed E-state index contributed by atoms with van der Waals surface area (Å²) in [5, 5.41) is 0.774. The molecular weight excluding hydrogens is 289 g/mol. The lowest BCUT2D eigenvalue weighted by Crippen LogP contribution is -2.45. The highest BCUT2D eigenvalue weighted by Crippen LogP contribution is 2.37. The maximum absolute atomic E-state index is 14.0. The van der Waals surface area contributed by atoms with Crippen LogP contribution in [0.2, 0.25) is 5.02 Å². The Labute approximate surface area is 128 Å². The van der Waals surface area contributed by atoms with E-state index in [4.69, 9.17) is 11.6 Å². The molecule has 108 valence electrons. The lowest BCUT2D eigenvalue weighted by Gasteiger charge is -2.42. The molecule has 0 unspecified atom stereocenters. The highest BCUT2D eigenvalue weighted by molar-refractivity contribution is 6.31. The first-order chi connectivity index (χ1) is 10.1. The molecule has 0 atom stereocenters.